The summed E-state index contributed by atoms with van der Waals surface area (Å²) >= 11 is 1.11. The van der Waals surface area contributed by atoms with Crippen LogP contribution in [0.2, 0.25) is 0 Å². The minimum Gasteiger partial charge on any atom is -0.301 e. The van der Waals surface area contributed by atoms with Crippen molar-refractivity contribution in [2.45, 2.75) is 10.3 Å². The average molecular weight is 281 g/mol. The van der Waals surface area contributed by atoms with Crippen molar-refractivity contribution in [3.8, 4) is 0 Å². The van der Waals surface area contributed by atoms with Crippen molar-refractivity contribution in [3.63, 3.8) is 0 Å². The fraction of sp³-hybridized carbons (Fsp3) is 0.0833. The minimum atomic E-state index is -3.64. The van der Waals surface area contributed by atoms with Crippen LogP contribution in [0.15, 0.2) is 52.1 Å². The normalized spacial score (nSPS) is 13.1. The molecule has 18 heavy (non-hydrogen) atoms. The Hall–Kier alpha value is -1.50. The fourth-order valence-electron chi connectivity index (χ4n) is 1.48. The maximum Gasteiger partial charge on any atom is 0.251 e. The molecule has 1 N–H and O–H groups in total. The van der Waals surface area contributed by atoms with E-state index in [0.29, 0.717) is 11.8 Å². The number of hydrogen-bond donors (Lipinski definition) is 1. The zero-order valence-electron chi connectivity index (χ0n) is 9.31. The monoisotopic (exact) mass is 281 g/mol. The Morgan fingerprint density at radius 1 is 1.11 bits per heavy atom. The lowest BCUT2D eigenvalue weighted by molar-refractivity contribution is -0.109. The Balaban J connectivity index is 2.25. The van der Waals surface area contributed by atoms with Gasteiger partial charge in [-0.15, -0.1) is 11.3 Å². The van der Waals surface area contributed by atoms with Gasteiger partial charge in [-0.3, -0.25) is 0 Å². The third-order valence-corrected chi connectivity index (χ3v) is 5.18. The maximum absolute atomic E-state index is 12.0. The van der Waals surface area contributed by atoms with Gasteiger partial charge in [0.25, 0.3) is 10.0 Å². The lowest BCUT2D eigenvalue weighted by atomic mass is 10.1. The summed E-state index contributed by atoms with van der Waals surface area (Å²) in [5.41, 5.74) is 0.618. The molecule has 6 heteroatoms. The van der Waals surface area contributed by atoms with Crippen molar-refractivity contribution in [2.75, 3.05) is 0 Å². The summed E-state index contributed by atoms with van der Waals surface area (Å²) in [4.78, 5) is 11.0. The number of aldehydes is 1. The van der Waals surface area contributed by atoms with Crippen LogP contribution < -0.4 is 4.72 Å². The van der Waals surface area contributed by atoms with Crippen LogP contribution in [-0.2, 0) is 14.8 Å². The molecule has 1 heterocycles. The first-order valence-electron chi connectivity index (χ1n) is 5.19. The number of benzene rings is 1. The molecule has 0 fully saturated rings. The summed E-state index contributed by atoms with van der Waals surface area (Å²) < 4.78 is 26.5. The standard InChI is InChI=1S/C12H11NO3S2/c14-9-11(10-5-2-1-3-6-10)13-18(15,16)12-7-4-8-17-12/h1-9,11,13H. The largest absolute Gasteiger partial charge is 0.301 e. The summed E-state index contributed by atoms with van der Waals surface area (Å²) in [6.07, 6.45) is 0.584. The van der Waals surface area contributed by atoms with Crippen LogP contribution in [0, 0.1) is 0 Å². The molecule has 0 spiro atoms. The highest BCUT2D eigenvalue weighted by Crippen LogP contribution is 2.19. The van der Waals surface area contributed by atoms with Gasteiger partial charge in [0.15, 0.2) is 0 Å². The number of rotatable bonds is 5. The number of sulfonamides is 1. The zero-order valence-corrected chi connectivity index (χ0v) is 10.9. The average Bonchev–Trinajstić information content (AvgIpc) is 2.92. The molecule has 1 aromatic carbocycles. The van der Waals surface area contributed by atoms with E-state index < -0.39 is 16.1 Å². The lowest BCUT2D eigenvalue weighted by Gasteiger charge is -2.12. The van der Waals surface area contributed by atoms with Gasteiger partial charge >= 0.3 is 0 Å². The molecular weight excluding hydrogens is 270 g/mol. The SMILES string of the molecule is O=CC(NS(=O)(=O)c1cccs1)c1ccccc1. The number of carbonyl (C=O) groups excluding carboxylic acids is 1. The molecule has 4 nitrogen and oxygen atoms in total. The van der Waals surface area contributed by atoms with Gasteiger partial charge in [-0.1, -0.05) is 36.4 Å². The molecule has 0 bridgehead atoms. The highest BCUT2D eigenvalue weighted by atomic mass is 32.2. The zero-order chi connectivity index (χ0) is 13.0. The molecule has 2 rings (SSSR count). The summed E-state index contributed by atoms with van der Waals surface area (Å²) in [6, 6.07) is 11.0. The summed E-state index contributed by atoms with van der Waals surface area (Å²) in [5, 5.41) is 1.67. The lowest BCUT2D eigenvalue weighted by Crippen LogP contribution is -2.29. The third-order valence-electron chi connectivity index (χ3n) is 2.34. The van der Waals surface area contributed by atoms with E-state index in [1.165, 1.54) is 6.07 Å². The second-order valence-corrected chi connectivity index (χ2v) is 6.47. The predicted octanol–water partition coefficient (Wildman–Crippen LogP) is 1.97. The smallest absolute Gasteiger partial charge is 0.251 e. The second-order valence-electron chi connectivity index (χ2n) is 3.58. The molecule has 0 radical (unpaired) electrons. The molecule has 1 unspecified atom stereocenters. The maximum atomic E-state index is 12.0. The quantitative estimate of drug-likeness (QED) is 0.852. The summed E-state index contributed by atoms with van der Waals surface area (Å²) in [6.45, 7) is 0. The van der Waals surface area contributed by atoms with E-state index in [0.717, 1.165) is 11.3 Å². The Bertz CT molecular complexity index is 606. The molecule has 1 atom stereocenters. The molecule has 0 saturated heterocycles. The Kier molecular flexibility index (Phi) is 3.90. The van der Waals surface area contributed by atoms with Crippen LogP contribution >= 0.6 is 11.3 Å². The molecule has 0 aliphatic heterocycles. The highest BCUT2D eigenvalue weighted by molar-refractivity contribution is 7.91. The molecular formula is C12H11NO3S2. The van der Waals surface area contributed by atoms with E-state index in [1.807, 2.05) is 0 Å². The Labute approximate surface area is 109 Å². The molecule has 0 saturated carbocycles. The van der Waals surface area contributed by atoms with E-state index in [1.54, 1.807) is 41.8 Å². The second kappa shape index (κ2) is 5.43. The molecule has 0 aliphatic carbocycles. The van der Waals surface area contributed by atoms with E-state index >= 15 is 0 Å². The topological polar surface area (TPSA) is 63.2 Å². The van der Waals surface area contributed by atoms with Crippen molar-refractivity contribution in [3.05, 3.63) is 53.4 Å². The third kappa shape index (κ3) is 2.84. The predicted molar refractivity (Wildman–Crippen MR) is 69.9 cm³/mol. The molecule has 2 aromatic rings. The highest BCUT2D eigenvalue weighted by Gasteiger charge is 2.21. The van der Waals surface area contributed by atoms with Gasteiger partial charge in [0.1, 0.15) is 16.5 Å². The van der Waals surface area contributed by atoms with Gasteiger partial charge in [-0.25, -0.2) is 8.42 Å². The van der Waals surface area contributed by atoms with E-state index in [9.17, 15) is 13.2 Å². The van der Waals surface area contributed by atoms with Crippen LogP contribution in [0.25, 0.3) is 0 Å². The number of carbonyl (C=O) groups is 1. The van der Waals surface area contributed by atoms with Crippen LogP contribution in [0.1, 0.15) is 11.6 Å². The van der Waals surface area contributed by atoms with Gasteiger partial charge < -0.3 is 4.79 Å². The Morgan fingerprint density at radius 3 is 2.39 bits per heavy atom. The van der Waals surface area contributed by atoms with Crippen molar-refractivity contribution in [2.24, 2.45) is 0 Å². The number of thiophene rings is 1. The Morgan fingerprint density at radius 2 is 1.83 bits per heavy atom. The van der Waals surface area contributed by atoms with Gasteiger partial charge in [0.2, 0.25) is 0 Å². The molecule has 1 aromatic heterocycles. The number of hydrogen-bond acceptors (Lipinski definition) is 4. The number of nitrogens with one attached hydrogen (secondary N) is 1. The van der Waals surface area contributed by atoms with Gasteiger partial charge in [0, 0.05) is 0 Å². The van der Waals surface area contributed by atoms with Crippen LogP contribution in [0.3, 0.4) is 0 Å². The van der Waals surface area contributed by atoms with Crippen molar-refractivity contribution < 1.29 is 13.2 Å². The van der Waals surface area contributed by atoms with E-state index in [4.69, 9.17) is 0 Å². The first kappa shape index (κ1) is 12.9. The van der Waals surface area contributed by atoms with Gasteiger partial charge in [-0.05, 0) is 17.0 Å². The van der Waals surface area contributed by atoms with Crippen molar-refractivity contribution in [1.29, 1.82) is 0 Å². The van der Waals surface area contributed by atoms with Crippen molar-refractivity contribution in [1.82, 2.24) is 4.72 Å². The molecule has 94 valence electrons. The first-order valence-corrected chi connectivity index (χ1v) is 7.56. The first-order chi connectivity index (χ1) is 8.63. The van der Waals surface area contributed by atoms with Crippen LogP contribution in [0.4, 0.5) is 0 Å². The minimum absolute atomic E-state index is 0.199. The summed E-state index contributed by atoms with van der Waals surface area (Å²) in [5.74, 6) is 0. The van der Waals surface area contributed by atoms with E-state index in [-0.39, 0.29) is 4.21 Å². The summed E-state index contributed by atoms with van der Waals surface area (Å²) in [7, 11) is -3.64. The molecule has 0 amide bonds. The fourth-order valence-corrected chi connectivity index (χ4v) is 3.64. The van der Waals surface area contributed by atoms with Crippen LogP contribution in [0.5, 0.6) is 0 Å². The van der Waals surface area contributed by atoms with E-state index in [2.05, 4.69) is 4.72 Å². The van der Waals surface area contributed by atoms with Crippen LogP contribution in [-0.4, -0.2) is 14.7 Å². The van der Waals surface area contributed by atoms with Crippen molar-refractivity contribution >= 4 is 27.6 Å². The molecule has 0 aliphatic rings. The van der Waals surface area contributed by atoms with Gasteiger partial charge in [0.05, 0.1) is 0 Å². The van der Waals surface area contributed by atoms with Gasteiger partial charge in [-0.2, -0.15) is 4.72 Å².